The van der Waals surface area contributed by atoms with Gasteiger partial charge in [0.25, 0.3) is 0 Å². The van der Waals surface area contributed by atoms with Crippen LogP contribution in [-0.2, 0) is 16.1 Å². The summed E-state index contributed by atoms with van der Waals surface area (Å²) in [6, 6.07) is 3.61. The van der Waals surface area contributed by atoms with Gasteiger partial charge in [-0.1, -0.05) is 0 Å². The molecule has 2 amide bonds. The van der Waals surface area contributed by atoms with Crippen LogP contribution in [0.3, 0.4) is 0 Å². The molecule has 0 bridgehead atoms. The topological polar surface area (TPSA) is 99.4 Å². The van der Waals surface area contributed by atoms with Crippen LogP contribution in [0.4, 0.5) is 4.79 Å². The van der Waals surface area contributed by atoms with Crippen LogP contribution in [-0.4, -0.2) is 72.6 Å². The minimum atomic E-state index is -0.491. The third kappa shape index (κ3) is 10.7. The van der Waals surface area contributed by atoms with Gasteiger partial charge in [0, 0.05) is 32.7 Å². The number of hydrogen-bond acceptors (Lipinski definition) is 5. The quantitative estimate of drug-likeness (QED) is 0.279. The summed E-state index contributed by atoms with van der Waals surface area (Å²) < 4.78 is 10.7. The molecule has 2 rings (SSSR count). The fourth-order valence-corrected chi connectivity index (χ4v) is 3.53. The molecule has 0 unspecified atom stereocenters. The van der Waals surface area contributed by atoms with Crippen molar-refractivity contribution in [3.8, 4) is 0 Å². The van der Waals surface area contributed by atoms with E-state index in [-0.39, 0.29) is 42.5 Å². The Morgan fingerprint density at radius 1 is 1.24 bits per heavy atom. The van der Waals surface area contributed by atoms with Crippen molar-refractivity contribution < 1.29 is 18.7 Å². The maximum Gasteiger partial charge on any atom is 0.410 e. The zero-order valence-corrected chi connectivity index (χ0v) is 22.9. The predicted octanol–water partition coefficient (Wildman–Crippen LogP) is 3.45. The number of amides is 2. The summed E-state index contributed by atoms with van der Waals surface area (Å²) >= 11 is 0. The summed E-state index contributed by atoms with van der Waals surface area (Å²) in [7, 11) is 0. The number of carbonyl (C=O) groups excluding carboxylic acids is 2. The Morgan fingerprint density at radius 2 is 1.94 bits per heavy atom. The second-order valence-electron chi connectivity index (χ2n) is 8.98. The summed E-state index contributed by atoms with van der Waals surface area (Å²) in [6.45, 7) is 13.8. The van der Waals surface area contributed by atoms with Gasteiger partial charge in [-0.15, -0.1) is 24.0 Å². The number of nitrogens with one attached hydrogen (secondary N) is 2. The van der Waals surface area contributed by atoms with Gasteiger partial charge >= 0.3 is 6.09 Å². The van der Waals surface area contributed by atoms with Gasteiger partial charge in [-0.05, 0) is 65.5 Å². The van der Waals surface area contributed by atoms with Crippen LogP contribution in [0.25, 0.3) is 0 Å². The Morgan fingerprint density at radius 3 is 2.48 bits per heavy atom. The molecule has 33 heavy (non-hydrogen) atoms. The fourth-order valence-electron chi connectivity index (χ4n) is 3.53. The lowest BCUT2D eigenvalue weighted by molar-refractivity contribution is -0.119. The number of piperidine rings is 1. The summed E-state index contributed by atoms with van der Waals surface area (Å²) in [5.74, 6) is 1.73. The number of aliphatic imine (C=N–C) groups is 1. The summed E-state index contributed by atoms with van der Waals surface area (Å²) in [4.78, 5) is 33.0. The molecule has 1 aliphatic rings. The van der Waals surface area contributed by atoms with E-state index in [9.17, 15) is 9.59 Å². The summed E-state index contributed by atoms with van der Waals surface area (Å²) in [6.07, 6.45) is 3.24. The minimum absolute atomic E-state index is 0. The molecule has 2 heterocycles. The minimum Gasteiger partial charge on any atom is -0.467 e. The average molecular weight is 578 g/mol. The Labute approximate surface area is 214 Å². The molecule has 1 fully saturated rings. The third-order valence-corrected chi connectivity index (χ3v) is 5.17. The molecule has 0 aromatic carbocycles. The standard InChI is InChI=1S/C23H39N5O4.HI/c1-6-24-21(26-16-20(29)25-15-19-9-8-14-31-19)28-12-10-18(11-13-28)17-27(7-2)22(30)32-23(3,4)5;/h8-9,14,18H,6-7,10-13,15-17H2,1-5H3,(H,24,26)(H,25,29);1H. The number of rotatable bonds is 8. The highest BCUT2D eigenvalue weighted by Gasteiger charge is 2.27. The van der Waals surface area contributed by atoms with E-state index < -0.39 is 5.60 Å². The highest BCUT2D eigenvalue weighted by atomic mass is 127. The number of nitrogens with zero attached hydrogens (tertiary/aromatic N) is 3. The molecule has 2 N–H and O–H groups in total. The number of carbonyl (C=O) groups is 2. The largest absolute Gasteiger partial charge is 0.467 e. The van der Waals surface area contributed by atoms with Crippen LogP contribution >= 0.6 is 24.0 Å². The van der Waals surface area contributed by atoms with Crippen molar-refractivity contribution in [2.45, 2.75) is 59.6 Å². The Balaban J connectivity index is 0.00000544. The van der Waals surface area contributed by atoms with E-state index in [2.05, 4.69) is 20.5 Å². The summed E-state index contributed by atoms with van der Waals surface area (Å²) in [5, 5.41) is 6.09. The maximum absolute atomic E-state index is 12.4. The molecule has 0 radical (unpaired) electrons. The van der Waals surface area contributed by atoms with Crippen LogP contribution in [0.5, 0.6) is 0 Å². The molecule has 188 valence electrons. The van der Waals surface area contributed by atoms with Crippen molar-refractivity contribution in [2.24, 2.45) is 10.9 Å². The molecule has 1 saturated heterocycles. The fraction of sp³-hybridized carbons (Fsp3) is 0.696. The SMILES string of the molecule is CCNC(=NCC(=O)NCc1ccco1)N1CCC(CN(CC)C(=O)OC(C)(C)C)CC1.I. The first kappa shape index (κ1) is 29.1. The highest BCUT2D eigenvalue weighted by Crippen LogP contribution is 2.20. The van der Waals surface area contributed by atoms with Crippen molar-refractivity contribution in [2.75, 3.05) is 39.3 Å². The smallest absolute Gasteiger partial charge is 0.410 e. The Bertz CT molecular complexity index is 741. The number of ether oxygens (including phenoxy) is 1. The van der Waals surface area contributed by atoms with E-state index >= 15 is 0 Å². The second kappa shape index (κ2) is 14.3. The van der Waals surface area contributed by atoms with Gasteiger partial charge in [-0.25, -0.2) is 9.79 Å². The van der Waals surface area contributed by atoms with E-state index in [1.54, 1.807) is 17.2 Å². The van der Waals surface area contributed by atoms with E-state index in [0.29, 0.717) is 31.3 Å². The molecule has 1 aromatic heterocycles. The van der Waals surface area contributed by atoms with E-state index in [1.165, 1.54) is 0 Å². The van der Waals surface area contributed by atoms with Crippen molar-refractivity contribution in [3.05, 3.63) is 24.2 Å². The lowest BCUT2D eigenvalue weighted by atomic mass is 9.96. The molecular weight excluding hydrogens is 537 g/mol. The van der Waals surface area contributed by atoms with Crippen LogP contribution in [0.2, 0.25) is 0 Å². The van der Waals surface area contributed by atoms with Gasteiger partial charge in [-0.3, -0.25) is 4.79 Å². The summed E-state index contributed by atoms with van der Waals surface area (Å²) in [5.41, 5.74) is -0.491. The first-order chi connectivity index (χ1) is 15.2. The molecule has 9 nitrogen and oxygen atoms in total. The molecule has 10 heteroatoms. The van der Waals surface area contributed by atoms with E-state index in [1.807, 2.05) is 40.7 Å². The highest BCUT2D eigenvalue weighted by molar-refractivity contribution is 14.0. The molecule has 0 saturated carbocycles. The first-order valence-electron chi connectivity index (χ1n) is 11.5. The van der Waals surface area contributed by atoms with Gasteiger partial charge in [0.15, 0.2) is 5.96 Å². The number of guanidine groups is 1. The van der Waals surface area contributed by atoms with Crippen LogP contribution in [0.1, 0.15) is 53.2 Å². The lowest BCUT2D eigenvalue weighted by Crippen LogP contribution is -2.48. The molecule has 0 aliphatic carbocycles. The monoisotopic (exact) mass is 577 g/mol. The van der Waals surface area contributed by atoms with Crippen LogP contribution < -0.4 is 10.6 Å². The first-order valence-corrected chi connectivity index (χ1v) is 11.5. The maximum atomic E-state index is 12.4. The second-order valence-corrected chi connectivity index (χ2v) is 8.98. The number of halogens is 1. The third-order valence-electron chi connectivity index (χ3n) is 5.17. The normalized spacial score (nSPS) is 14.9. The van der Waals surface area contributed by atoms with Crippen molar-refractivity contribution in [3.63, 3.8) is 0 Å². The van der Waals surface area contributed by atoms with Gasteiger partial charge in [0.2, 0.25) is 5.91 Å². The van der Waals surface area contributed by atoms with Crippen molar-refractivity contribution >= 4 is 41.9 Å². The van der Waals surface area contributed by atoms with Crippen molar-refractivity contribution in [1.29, 1.82) is 0 Å². The van der Waals surface area contributed by atoms with E-state index in [0.717, 1.165) is 38.4 Å². The zero-order valence-electron chi connectivity index (χ0n) is 20.6. The van der Waals surface area contributed by atoms with Crippen LogP contribution in [0.15, 0.2) is 27.8 Å². The molecule has 0 spiro atoms. The van der Waals surface area contributed by atoms with Crippen molar-refractivity contribution in [1.82, 2.24) is 20.4 Å². The average Bonchev–Trinajstić information content (AvgIpc) is 3.26. The number of hydrogen-bond donors (Lipinski definition) is 2. The predicted molar refractivity (Wildman–Crippen MR) is 140 cm³/mol. The Kier molecular flexibility index (Phi) is 12.6. The van der Waals surface area contributed by atoms with E-state index in [4.69, 9.17) is 9.15 Å². The van der Waals surface area contributed by atoms with Gasteiger partial charge < -0.3 is 29.6 Å². The number of likely N-dealkylation sites (tertiary alicyclic amines) is 1. The van der Waals surface area contributed by atoms with Gasteiger partial charge in [0.1, 0.15) is 17.9 Å². The molecular formula is C23H40IN5O4. The van der Waals surface area contributed by atoms with Gasteiger partial charge in [0.05, 0.1) is 12.8 Å². The molecule has 0 atom stereocenters. The molecule has 1 aromatic rings. The zero-order chi connectivity index (χ0) is 23.6. The van der Waals surface area contributed by atoms with Gasteiger partial charge in [-0.2, -0.15) is 0 Å². The molecule has 1 aliphatic heterocycles. The van der Waals surface area contributed by atoms with Crippen LogP contribution in [0, 0.1) is 5.92 Å². The number of furan rings is 1. The lowest BCUT2D eigenvalue weighted by Gasteiger charge is -2.36. The Hall–Kier alpha value is -1.98.